The molecule has 2 aliphatic carbocycles. The van der Waals surface area contributed by atoms with Gasteiger partial charge >= 0.3 is 26.2 Å². The molecule has 0 saturated heterocycles. The van der Waals surface area contributed by atoms with Crippen LogP contribution in [0.15, 0.2) is 84.0 Å². The molecule has 0 spiro atoms. The van der Waals surface area contributed by atoms with Gasteiger partial charge in [0.05, 0.1) is 0 Å². The average molecular weight is 634 g/mol. The molecule has 0 radical (unpaired) electrons. The van der Waals surface area contributed by atoms with Crippen LogP contribution in [0.25, 0.3) is 0 Å². The number of hydrogen-bond acceptors (Lipinski definition) is 2. The molecule has 2 aromatic rings. The summed E-state index contributed by atoms with van der Waals surface area (Å²) in [6, 6.07) is 14.8. The Kier molecular flexibility index (Phi) is 19.6. The first kappa shape index (κ1) is 38.9. The molecule has 0 fully saturated rings. The van der Waals surface area contributed by atoms with Crippen molar-refractivity contribution in [3.63, 3.8) is 0 Å². The van der Waals surface area contributed by atoms with E-state index in [1.165, 1.54) is 49.7 Å². The van der Waals surface area contributed by atoms with Crippen molar-refractivity contribution < 1.29 is 36.4 Å². The van der Waals surface area contributed by atoms with Crippen molar-refractivity contribution in [3.05, 3.63) is 107 Å². The number of phenolic OH excluding ortho intramolecular Hbond substituents is 2. The van der Waals surface area contributed by atoms with Crippen LogP contribution in [0.3, 0.4) is 0 Å². The topological polar surface area (TPSA) is 40.5 Å². The molecule has 2 N–H and O–H groups in total. The van der Waals surface area contributed by atoms with Crippen LogP contribution in [0, 0.1) is 12.2 Å². The van der Waals surface area contributed by atoms with E-state index in [4.69, 9.17) is 0 Å². The minimum atomic E-state index is 0. The van der Waals surface area contributed by atoms with Crippen molar-refractivity contribution in [2.45, 2.75) is 118 Å². The maximum absolute atomic E-state index is 9.18. The molecule has 2 aromatic carbocycles. The summed E-state index contributed by atoms with van der Waals surface area (Å²) in [6.07, 6.45) is 25.1. The van der Waals surface area contributed by atoms with E-state index in [0.29, 0.717) is 11.5 Å². The van der Waals surface area contributed by atoms with E-state index in [-0.39, 0.29) is 37.0 Å². The van der Waals surface area contributed by atoms with Gasteiger partial charge in [0.25, 0.3) is 0 Å². The summed E-state index contributed by atoms with van der Waals surface area (Å²) in [6.45, 7) is 17.2. The van der Waals surface area contributed by atoms with Crippen LogP contribution < -0.4 is 0 Å². The molecule has 3 heteroatoms. The fourth-order valence-electron chi connectivity index (χ4n) is 3.92. The quantitative estimate of drug-likeness (QED) is 0.311. The summed E-state index contributed by atoms with van der Waals surface area (Å²) < 4.78 is 0. The fourth-order valence-corrected chi connectivity index (χ4v) is 3.92. The molecule has 0 heterocycles. The van der Waals surface area contributed by atoms with Crippen molar-refractivity contribution in [1.29, 1.82) is 0 Å². The maximum Gasteiger partial charge on any atom is 2.00 e. The molecule has 0 bridgehead atoms. The van der Waals surface area contributed by atoms with Crippen LogP contribution in [0.4, 0.5) is 0 Å². The summed E-state index contributed by atoms with van der Waals surface area (Å²) in [5.74, 6) is 0.690. The van der Waals surface area contributed by atoms with Gasteiger partial charge in [-0.15, -0.1) is 12.8 Å². The van der Waals surface area contributed by atoms with Gasteiger partial charge in [-0.25, -0.2) is 23.3 Å². The molecule has 4 rings (SSSR count). The first-order chi connectivity index (χ1) is 18.9. The first-order valence-electron chi connectivity index (χ1n) is 15.0. The molecule has 0 aliphatic heterocycles. The summed E-state index contributed by atoms with van der Waals surface area (Å²) >= 11 is 0. The summed E-state index contributed by atoms with van der Waals surface area (Å²) in [5, 5.41) is 18.4. The van der Waals surface area contributed by atoms with E-state index in [2.05, 4.69) is 91.8 Å². The number of phenols is 2. The van der Waals surface area contributed by atoms with Gasteiger partial charge in [-0.1, -0.05) is 118 Å². The molecular formula is C38H54O2Zr. The summed E-state index contributed by atoms with van der Waals surface area (Å²) in [4.78, 5) is 0. The largest absolute Gasteiger partial charge is 2.00 e. The molecule has 222 valence electrons. The molecular weight excluding hydrogens is 580 g/mol. The smallest absolute Gasteiger partial charge is 0.508 e. The van der Waals surface area contributed by atoms with Crippen LogP contribution in [-0.4, -0.2) is 10.2 Å². The van der Waals surface area contributed by atoms with Crippen LogP contribution >= 0.6 is 0 Å². The Morgan fingerprint density at radius 3 is 1.22 bits per heavy atom. The molecule has 0 atom stereocenters. The summed E-state index contributed by atoms with van der Waals surface area (Å²) in [7, 11) is 0. The number of hydrogen-bond donors (Lipinski definition) is 2. The molecule has 0 saturated carbocycles. The molecule has 2 aliphatic rings. The van der Waals surface area contributed by atoms with Crippen molar-refractivity contribution in [2.75, 3.05) is 0 Å². The molecule has 41 heavy (non-hydrogen) atoms. The van der Waals surface area contributed by atoms with Gasteiger partial charge in [-0.05, 0) is 46.2 Å². The van der Waals surface area contributed by atoms with Crippen molar-refractivity contribution in [3.8, 4) is 11.5 Å². The Bertz CT molecular complexity index is 1020. The maximum atomic E-state index is 9.18. The zero-order chi connectivity index (χ0) is 30.0. The van der Waals surface area contributed by atoms with Crippen molar-refractivity contribution in [1.82, 2.24) is 0 Å². The van der Waals surface area contributed by atoms with E-state index >= 15 is 0 Å². The average Bonchev–Trinajstić information content (AvgIpc) is 3.61. The van der Waals surface area contributed by atoms with Gasteiger partial charge in [0.1, 0.15) is 11.5 Å². The predicted molar refractivity (Wildman–Crippen MR) is 174 cm³/mol. The fraction of sp³-hybridized carbons (Fsp3) is 0.474. The van der Waals surface area contributed by atoms with Crippen LogP contribution in [-0.2, 0) is 37.0 Å². The zero-order valence-electron chi connectivity index (χ0n) is 27.0. The number of aromatic hydroxyl groups is 2. The van der Waals surface area contributed by atoms with Gasteiger partial charge in [0.2, 0.25) is 0 Å². The molecule has 0 amide bonds. The van der Waals surface area contributed by atoms with Crippen molar-refractivity contribution in [2.24, 2.45) is 0 Å². The standard InChI is InChI=1S/2C10H14O.2C9H13.Zr/c2*1-10(2,3)8-5-4-6-9(11)7-8;2*1-2-3-6-9-7-4-5-8-9;/h2*4-7,11H,1-3H3;2*4,7H,2-3,5-6H2,1H3;/q;;2*-1;+2. The van der Waals surface area contributed by atoms with E-state index in [9.17, 15) is 10.2 Å². The third-order valence-corrected chi connectivity index (χ3v) is 6.56. The number of benzene rings is 2. The van der Waals surface area contributed by atoms with Gasteiger partial charge in [-0.2, -0.15) is 12.2 Å². The monoisotopic (exact) mass is 632 g/mol. The van der Waals surface area contributed by atoms with Gasteiger partial charge < -0.3 is 10.2 Å². The number of unbranched alkanes of at least 4 members (excludes halogenated alkanes) is 2. The Morgan fingerprint density at radius 1 is 0.634 bits per heavy atom. The molecule has 2 nitrogen and oxygen atoms in total. The Labute approximate surface area is 271 Å². The van der Waals surface area contributed by atoms with Gasteiger partial charge in [0.15, 0.2) is 0 Å². The van der Waals surface area contributed by atoms with Gasteiger partial charge in [0, 0.05) is 0 Å². The minimum absolute atomic E-state index is 0. The van der Waals surface area contributed by atoms with Crippen molar-refractivity contribution >= 4 is 0 Å². The number of allylic oxidation sites excluding steroid dienone is 8. The van der Waals surface area contributed by atoms with Crippen LogP contribution in [0.2, 0.25) is 0 Å². The molecule has 0 unspecified atom stereocenters. The number of rotatable bonds is 6. The Balaban J connectivity index is 0.000000518. The van der Waals surface area contributed by atoms with Crippen LogP contribution in [0.5, 0.6) is 11.5 Å². The summed E-state index contributed by atoms with van der Waals surface area (Å²) in [5.41, 5.74) is 5.40. The third kappa shape index (κ3) is 18.1. The second kappa shape index (κ2) is 20.7. The normalized spacial score (nSPS) is 13.4. The minimum Gasteiger partial charge on any atom is -0.508 e. The predicted octanol–water partition coefficient (Wildman–Crippen LogP) is 11.1. The van der Waals surface area contributed by atoms with E-state index in [1.807, 2.05) is 24.3 Å². The Hall–Kier alpha value is -2.12. The van der Waals surface area contributed by atoms with Crippen LogP contribution in [0.1, 0.15) is 118 Å². The molecule has 0 aromatic heterocycles. The third-order valence-electron chi connectivity index (χ3n) is 6.56. The van der Waals surface area contributed by atoms with E-state index in [1.54, 1.807) is 24.3 Å². The SMILES string of the molecule is CC(C)(C)c1cccc(O)c1.CC(C)(C)c1cccc(O)c1.CCCCC1=[C-]CC=C1.CCCCC1=[C-]CC=C1.[Zr+2]. The second-order valence-corrected chi connectivity index (χ2v) is 12.4. The first-order valence-corrected chi connectivity index (χ1v) is 15.0. The van der Waals surface area contributed by atoms with E-state index in [0.717, 1.165) is 24.0 Å². The van der Waals surface area contributed by atoms with Gasteiger partial charge in [-0.3, -0.25) is 12.2 Å². The van der Waals surface area contributed by atoms with E-state index < -0.39 is 0 Å². The second-order valence-electron chi connectivity index (χ2n) is 12.4. The zero-order valence-corrected chi connectivity index (χ0v) is 29.4. The Morgan fingerprint density at radius 2 is 1.00 bits per heavy atom.